The fraction of sp³-hybridized carbons (Fsp3) is 0.400. The second-order valence-electron chi connectivity index (χ2n) is 7.23. The highest BCUT2D eigenvalue weighted by Gasteiger charge is 2.29. The molecule has 0 bridgehead atoms. The topological polar surface area (TPSA) is 9.23 Å². The fourth-order valence-corrected chi connectivity index (χ4v) is 3.01. The van der Waals surface area contributed by atoms with Crippen molar-refractivity contribution in [1.29, 1.82) is 0 Å². The van der Waals surface area contributed by atoms with Gasteiger partial charge in [-0.3, -0.25) is 0 Å². The normalized spacial score (nSPS) is 12.4. The van der Waals surface area contributed by atoms with Crippen LogP contribution >= 0.6 is 0 Å². The van der Waals surface area contributed by atoms with E-state index in [0.717, 1.165) is 11.1 Å². The van der Waals surface area contributed by atoms with Gasteiger partial charge in [-0.1, -0.05) is 24.3 Å². The Morgan fingerprint density at radius 1 is 0.652 bits per heavy atom. The zero-order valence-electron chi connectivity index (χ0n) is 14.2. The zero-order chi connectivity index (χ0) is 17.1. The van der Waals surface area contributed by atoms with Crippen LogP contribution in [0, 0.1) is 11.6 Å². The van der Waals surface area contributed by atoms with Crippen molar-refractivity contribution in [2.24, 2.45) is 0 Å². The number of halogens is 2. The van der Waals surface area contributed by atoms with E-state index in [1.165, 1.54) is 24.3 Å². The lowest BCUT2D eigenvalue weighted by Crippen LogP contribution is -2.40. The zero-order valence-corrected chi connectivity index (χ0v) is 14.2. The monoisotopic (exact) mass is 318 g/mol. The second kappa shape index (κ2) is 6.79. The van der Waals surface area contributed by atoms with E-state index in [4.69, 9.17) is 4.74 Å². The summed E-state index contributed by atoms with van der Waals surface area (Å²) in [6, 6.07) is 13.0. The summed E-state index contributed by atoms with van der Waals surface area (Å²) in [6.45, 7) is 8.12. The van der Waals surface area contributed by atoms with E-state index in [2.05, 4.69) is 0 Å². The third-order valence-corrected chi connectivity index (χ3v) is 3.64. The van der Waals surface area contributed by atoms with Gasteiger partial charge in [-0.15, -0.1) is 0 Å². The van der Waals surface area contributed by atoms with Crippen LogP contribution in [-0.4, -0.2) is 11.2 Å². The Labute approximate surface area is 137 Å². The average molecular weight is 318 g/mol. The molecule has 0 atom stereocenters. The molecule has 124 valence electrons. The molecule has 3 heteroatoms. The van der Waals surface area contributed by atoms with Crippen molar-refractivity contribution in [3.05, 3.63) is 71.3 Å². The number of hydrogen-bond acceptors (Lipinski definition) is 1. The second-order valence-corrected chi connectivity index (χ2v) is 7.23. The molecule has 2 aromatic carbocycles. The highest BCUT2D eigenvalue weighted by molar-refractivity contribution is 5.19. The van der Waals surface area contributed by atoms with Gasteiger partial charge < -0.3 is 4.74 Å². The predicted molar refractivity (Wildman–Crippen MR) is 89.5 cm³/mol. The fourth-order valence-electron chi connectivity index (χ4n) is 3.01. The molecule has 2 aromatic rings. The molecule has 0 unspecified atom stereocenters. The Bertz CT molecular complexity index is 570. The van der Waals surface area contributed by atoms with Crippen LogP contribution in [0.2, 0.25) is 0 Å². The number of ether oxygens (including phenoxy) is 1. The molecule has 0 radical (unpaired) electrons. The Morgan fingerprint density at radius 3 is 1.26 bits per heavy atom. The maximum Gasteiger partial charge on any atom is 0.123 e. The van der Waals surface area contributed by atoms with Crippen LogP contribution in [-0.2, 0) is 17.6 Å². The van der Waals surface area contributed by atoms with E-state index in [1.807, 2.05) is 27.7 Å². The molecule has 23 heavy (non-hydrogen) atoms. The largest absolute Gasteiger partial charge is 0.369 e. The van der Waals surface area contributed by atoms with E-state index in [9.17, 15) is 8.78 Å². The minimum absolute atomic E-state index is 0.232. The van der Waals surface area contributed by atoms with Gasteiger partial charge in [0.05, 0.1) is 11.2 Å². The molecule has 1 nitrogen and oxygen atoms in total. The van der Waals surface area contributed by atoms with Crippen LogP contribution < -0.4 is 0 Å². The van der Waals surface area contributed by atoms with Gasteiger partial charge in [0.1, 0.15) is 11.6 Å². The summed E-state index contributed by atoms with van der Waals surface area (Å²) >= 11 is 0. The molecule has 0 amide bonds. The van der Waals surface area contributed by atoms with Crippen LogP contribution in [0.5, 0.6) is 0 Å². The van der Waals surface area contributed by atoms with Crippen LogP contribution in [0.4, 0.5) is 8.78 Å². The van der Waals surface area contributed by atoms with Crippen LogP contribution in [0.3, 0.4) is 0 Å². The highest BCUT2D eigenvalue weighted by Crippen LogP contribution is 2.27. The first kappa shape index (κ1) is 17.6. The van der Waals surface area contributed by atoms with Crippen LogP contribution in [0.15, 0.2) is 48.5 Å². The van der Waals surface area contributed by atoms with Gasteiger partial charge in [0, 0.05) is 12.8 Å². The minimum atomic E-state index is -0.388. The summed E-state index contributed by atoms with van der Waals surface area (Å²) in [5.41, 5.74) is 1.30. The van der Waals surface area contributed by atoms with Gasteiger partial charge in [0.25, 0.3) is 0 Å². The summed E-state index contributed by atoms with van der Waals surface area (Å²) in [5.74, 6) is -0.465. The van der Waals surface area contributed by atoms with E-state index < -0.39 is 0 Å². The molecule has 0 spiro atoms. The minimum Gasteiger partial charge on any atom is -0.369 e. The van der Waals surface area contributed by atoms with Crippen molar-refractivity contribution in [2.45, 2.75) is 51.7 Å². The molecular formula is C20H24F2O. The molecule has 0 N–H and O–H groups in total. The van der Waals surface area contributed by atoms with Crippen molar-refractivity contribution in [3.8, 4) is 0 Å². The molecule has 2 rings (SSSR count). The number of rotatable bonds is 6. The molecule has 0 aliphatic rings. The molecule has 0 aliphatic heterocycles. The van der Waals surface area contributed by atoms with Crippen molar-refractivity contribution in [1.82, 2.24) is 0 Å². The van der Waals surface area contributed by atoms with E-state index in [-0.39, 0.29) is 22.8 Å². The summed E-state index contributed by atoms with van der Waals surface area (Å²) < 4.78 is 32.3. The molecule has 0 fully saturated rings. The first-order valence-corrected chi connectivity index (χ1v) is 7.84. The first-order valence-electron chi connectivity index (χ1n) is 7.84. The van der Waals surface area contributed by atoms with E-state index in [1.54, 1.807) is 24.3 Å². The Hall–Kier alpha value is -1.74. The quantitative estimate of drug-likeness (QED) is 0.700. The van der Waals surface area contributed by atoms with Gasteiger partial charge >= 0.3 is 0 Å². The molecule has 0 aromatic heterocycles. The molecule has 0 aliphatic carbocycles. The average Bonchev–Trinajstić information content (AvgIpc) is 2.42. The number of benzene rings is 2. The Morgan fingerprint density at radius 2 is 0.957 bits per heavy atom. The van der Waals surface area contributed by atoms with E-state index in [0.29, 0.717) is 12.8 Å². The lowest BCUT2D eigenvalue weighted by molar-refractivity contribution is -0.121. The van der Waals surface area contributed by atoms with Crippen molar-refractivity contribution < 1.29 is 13.5 Å². The maximum absolute atomic E-state index is 13.0. The Balaban J connectivity index is 2.02. The first-order chi connectivity index (χ1) is 10.7. The lowest BCUT2D eigenvalue weighted by atomic mass is 9.94. The van der Waals surface area contributed by atoms with Crippen LogP contribution in [0.1, 0.15) is 38.8 Å². The van der Waals surface area contributed by atoms with Crippen molar-refractivity contribution >= 4 is 0 Å². The van der Waals surface area contributed by atoms with Gasteiger partial charge in [-0.2, -0.15) is 0 Å². The molecule has 0 saturated heterocycles. The summed E-state index contributed by atoms with van der Waals surface area (Å²) in [7, 11) is 0. The summed E-state index contributed by atoms with van der Waals surface area (Å²) in [6.07, 6.45) is 1.39. The van der Waals surface area contributed by atoms with Gasteiger partial charge in [0.15, 0.2) is 0 Å². The SMILES string of the molecule is CC(C)(Cc1ccc(F)cc1)OC(C)(C)Cc1ccc(F)cc1. The summed E-state index contributed by atoms with van der Waals surface area (Å²) in [5, 5.41) is 0. The van der Waals surface area contributed by atoms with Crippen molar-refractivity contribution in [2.75, 3.05) is 0 Å². The third kappa shape index (κ3) is 5.76. The van der Waals surface area contributed by atoms with Gasteiger partial charge in [-0.05, 0) is 63.1 Å². The standard InChI is InChI=1S/C20H24F2O/c1-19(2,13-15-5-9-17(21)10-6-15)23-20(3,4)14-16-7-11-18(22)12-8-16/h5-12H,13-14H2,1-4H3. The third-order valence-electron chi connectivity index (χ3n) is 3.64. The van der Waals surface area contributed by atoms with Crippen molar-refractivity contribution in [3.63, 3.8) is 0 Å². The lowest BCUT2D eigenvalue weighted by Gasteiger charge is -2.36. The van der Waals surface area contributed by atoms with Gasteiger partial charge in [-0.25, -0.2) is 8.78 Å². The Kier molecular flexibility index (Phi) is 5.20. The van der Waals surface area contributed by atoms with Gasteiger partial charge in [0.2, 0.25) is 0 Å². The molecule has 0 saturated carbocycles. The predicted octanol–water partition coefficient (Wildman–Crippen LogP) is 5.32. The molecular weight excluding hydrogens is 294 g/mol. The van der Waals surface area contributed by atoms with E-state index >= 15 is 0 Å². The molecule has 0 heterocycles. The highest BCUT2D eigenvalue weighted by atomic mass is 19.1. The van der Waals surface area contributed by atoms with Crippen LogP contribution in [0.25, 0.3) is 0 Å². The summed E-state index contributed by atoms with van der Waals surface area (Å²) in [4.78, 5) is 0. The number of hydrogen-bond donors (Lipinski definition) is 0. The maximum atomic E-state index is 13.0. The smallest absolute Gasteiger partial charge is 0.123 e.